The van der Waals surface area contributed by atoms with Crippen molar-refractivity contribution in [2.24, 2.45) is 11.8 Å². The Kier molecular flexibility index (Phi) is 7.45. The number of hydrogen-bond acceptors (Lipinski definition) is 6. The van der Waals surface area contributed by atoms with E-state index in [2.05, 4.69) is 19.2 Å². The molecule has 1 aliphatic carbocycles. The minimum atomic E-state index is -3.61. The number of carbonyl (C=O) groups excluding carboxylic acids is 2. The first-order valence-corrected chi connectivity index (χ1v) is 14.2. The number of nitrogens with zero attached hydrogens (tertiary/aromatic N) is 1. The lowest BCUT2D eigenvalue weighted by Gasteiger charge is -2.34. The van der Waals surface area contributed by atoms with Crippen molar-refractivity contribution in [1.29, 1.82) is 0 Å². The second-order valence-electron chi connectivity index (χ2n) is 9.38. The van der Waals surface area contributed by atoms with Gasteiger partial charge in [-0.25, -0.2) is 13.2 Å². The molecule has 1 aliphatic heterocycles. The van der Waals surface area contributed by atoms with Crippen molar-refractivity contribution >= 4 is 38.2 Å². The molecule has 7 nitrogen and oxygen atoms in total. The van der Waals surface area contributed by atoms with E-state index in [4.69, 9.17) is 4.74 Å². The van der Waals surface area contributed by atoms with Gasteiger partial charge < -0.3 is 10.1 Å². The Hall–Kier alpha value is -2.23. The van der Waals surface area contributed by atoms with Crippen LogP contribution in [0.5, 0.6) is 0 Å². The number of hydrogen-bond donors (Lipinski definition) is 1. The van der Waals surface area contributed by atoms with Gasteiger partial charge in [0.1, 0.15) is 5.00 Å². The number of thiophene rings is 1. The largest absolute Gasteiger partial charge is 0.462 e. The Morgan fingerprint density at radius 3 is 2.38 bits per heavy atom. The average Bonchev–Trinajstić information content (AvgIpc) is 3.16. The molecule has 1 aromatic heterocycles. The Balaban J connectivity index is 1.54. The number of esters is 1. The Morgan fingerprint density at radius 2 is 1.74 bits per heavy atom. The van der Waals surface area contributed by atoms with Crippen LogP contribution >= 0.6 is 11.3 Å². The van der Waals surface area contributed by atoms with Crippen molar-refractivity contribution in [3.05, 3.63) is 45.8 Å². The maximum Gasteiger partial charge on any atom is 0.341 e. The lowest BCUT2D eigenvalue weighted by atomic mass is 9.94. The fraction of sp³-hybridized carbons (Fsp3) is 0.520. The third-order valence-corrected chi connectivity index (χ3v) is 9.52. The van der Waals surface area contributed by atoms with Crippen LogP contribution in [0.3, 0.4) is 0 Å². The fourth-order valence-electron chi connectivity index (χ4n) is 4.98. The van der Waals surface area contributed by atoms with E-state index in [1.165, 1.54) is 35.6 Å². The molecule has 0 unspecified atom stereocenters. The van der Waals surface area contributed by atoms with E-state index in [0.717, 1.165) is 42.5 Å². The summed E-state index contributed by atoms with van der Waals surface area (Å²) in [7, 11) is -3.61. The summed E-state index contributed by atoms with van der Waals surface area (Å²) < 4.78 is 33.0. The van der Waals surface area contributed by atoms with Crippen LogP contribution in [-0.2, 0) is 27.6 Å². The smallest absolute Gasteiger partial charge is 0.341 e. The predicted octanol–water partition coefficient (Wildman–Crippen LogP) is 4.72. The van der Waals surface area contributed by atoms with Gasteiger partial charge in [-0.15, -0.1) is 11.3 Å². The third-order valence-electron chi connectivity index (χ3n) is 6.47. The second-order valence-corrected chi connectivity index (χ2v) is 12.4. The number of anilines is 1. The van der Waals surface area contributed by atoms with Crippen molar-refractivity contribution < 1.29 is 22.7 Å². The number of fused-ring (bicyclic) bond motifs is 1. The molecule has 1 aromatic carbocycles. The second kappa shape index (κ2) is 10.2. The van der Waals surface area contributed by atoms with Crippen LogP contribution in [-0.4, -0.2) is 44.3 Å². The van der Waals surface area contributed by atoms with Crippen LogP contribution in [0.25, 0.3) is 0 Å². The van der Waals surface area contributed by atoms with Crippen molar-refractivity contribution in [3.8, 4) is 0 Å². The number of sulfonamides is 1. The third kappa shape index (κ3) is 5.06. The molecule has 2 aromatic rings. The zero-order valence-corrected chi connectivity index (χ0v) is 21.6. The Labute approximate surface area is 205 Å². The summed E-state index contributed by atoms with van der Waals surface area (Å²) in [6, 6.07) is 6.02. The van der Waals surface area contributed by atoms with E-state index >= 15 is 0 Å². The van der Waals surface area contributed by atoms with E-state index in [0.29, 0.717) is 41.1 Å². The van der Waals surface area contributed by atoms with E-state index in [1.54, 1.807) is 11.2 Å². The molecule has 1 N–H and O–H groups in total. The summed E-state index contributed by atoms with van der Waals surface area (Å²) in [5.41, 5.74) is 1.78. The van der Waals surface area contributed by atoms with Crippen LogP contribution in [0.2, 0.25) is 0 Å². The van der Waals surface area contributed by atoms with Gasteiger partial charge >= 0.3 is 5.97 Å². The SMILES string of the molecule is CCOC(=O)c1c(NC(=O)c2ccc(S(=O)(=O)N3C[C@H](C)C[C@H](C)C3)cc2)sc2c1CCCC2. The van der Waals surface area contributed by atoms with Crippen molar-refractivity contribution in [2.45, 2.75) is 57.8 Å². The van der Waals surface area contributed by atoms with Crippen LogP contribution in [0.1, 0.15) is 71.2 Å². The zero-order chi connectivity index (χ0) is 24.5. The standard InChI is InChI=1S/C25H32N2O5S2/c1-4-32-25(29)22-20-7-5-6-8-21(20)33-24(22)26-23(28)18-9-11-19(12-10-18)34(30,31)27-14-16(2)13-17(3)15-27/h9-12,16-17H,4-8,13-15H2,1-3H3,(H,26,28)/t16-,17+. The van der Waals surface area contributed by atoms with Crippen LogP contribution in [0.15, 0.2) is 29.2 Å². The maximum absolute atomic E-state index is 13.1. The van der Waals surface area contributed by atoms with Gasteiger partial charge in [0.2, 0.25) is 10.0 Å². The number of piperidine rings is 1. The molecule has 1 saturated heterocycles. The number of ether oxygens (including phenoxy) is 1. The van der Waals surface area contributed by atoms with Crippen molar-refractivity contribution in [3.63, 3.8) is 0 Å². The maximum atomic E-state index is 13.1. The summed E-state index contributed by atoms with van der Waals surface area (Å²) in [5, 5.41) is 3.38. The van der Waals surface area contributed by atoms with Crippen molar-refractivity contribution in [2.75, 3.05) is 25.0 Å². The summed E-state index contributed by atoms with van der Waals surface area (Å²) >= 11 is 1.43. The Morgan fingerprint density at radius 1 is 1.09 bits per heavy atom. The van der Waals surface area contributed by atoms with Crippen LogP contribution in [0, 0.1) is 11.8 Å². The predicted molar refractivity (Wildman–Crippen MR) is 133 cm³/mol. The Bertz CT molecular complexity index is 1160. The molecule has 0 saturated carbocycles. The minimum Gasteiger partial charge on any atom is -0.462 e. The monoisotopic (exact) mass is 504 g/mol. The van der Waals surface area contributed by atoms with Gasteiger partial charge in [0.05, 0.1) is 17.1 Å². The van der Waals surface area contributed by atoms with Gasteiger partial charge in [-0.2, -0.15) is 4.31 Å². The van der Waals surface area contributed by atoms with Crippen LogP contribution < -0.4 is 5.32 Å². The summed E-state index contributed by atoms with van der Waals surface area (Å²) in [6.07, 6.45) is 4.78. The first-order valence-electron chi connectivity index (χ1n) is 11.9. The molecule has 9 heteroatoms. The fourth-order valence-corrected chi connectivity index (χ4v) is 7.93. The van der Waals surface area contributed by atoms with Gasteiger partial charge in [-0.1, -0.05) is 13.8 Å². The van der Waals surface area contributed by atoms with Gasteiger partial charge in [0.15, 0.2) is 0 Å². The van der Waals surface area contributed by atoms with Gasteiger partial charge in [0, 0.05) is 23.5 Å². The number of nitrogens with one attached hydrogen (secondary N) is 1. The lowest BCUT2D eigenvalue weighted by Crippen LogP contribution is -2.42. The molecule has 1 fully saturated rings. The van der Waals surface area contributed by atoms with Gasteiger partial charge in [-0.05, 0) is 80.7 Å². The van der Waals surface area contributed by atoms with Gasteiger partial charge in [-0.3, -0.25) is 4.79 Å². The molecule has 0 radical (unpaired) electrons. The highest BCUT2D eigenvalue weighted by Crippen LogP contribution is 2.39. The molecule has 34 heavy (non-hydrogen) atoms. The van der Waals surface area contributed by atoms with Crippen molar-refractivity contribution in [1.82, 2.24) is 4.31 Å². The van der Waals surface area contributed by atoms with E-state index in [9.17, 15) is 18.0 Å². The summed E-state index contributed by atoms with van der Waals surface area (Å²) in [5.74, 6) is -0.167. The van der Waals surface area contributed by atoms with E-state index in [1.807, 2.05) is 0 Å². The van der Waals surface area contributed by atoms with Gasteiger partial charge in [0.25, 0.3) is 5.91 Å². The first kappa shape index (κ1) is 24.9. The summed E-state index contributed by atoms with van der Waals surface area (Å²) in [4.78, 5) is 26.9. The minimum absolute atomic E-state index is 0.184. The molecular formula is C25H32N2O5S2. The first-order chi connectivity index (χ1) is 16.2. The molecule has 2 atom stereocenters. The highest BCUT2D eigenvalue weighted by molar-refractivity contribution is 7.89. The number of benzene rings is 1. The topological polar surface area (TPSA) is 92.8 Å². The molecule has 0 spiro atoms. The molecule has 2 aliphatic rings. The molecular weight excluding hydrogens is 472 g/mol. The number of aryl methyl sites for hydroxylation is 1. The number of amides is 1. The van der Waals surface area contributed by atoms with Crippen LogP contribution in [0.4, 0.5) is 5.00 Å². The lowest BCUT2D eigenvalue weighted by molar-refractivity contribution is 0.0526. The highest BCUT2D eigenvalue weighted by atomic mass is 32.2. The van der Waals surface area contributed by atoms with E-state index < -0.39 is 16.0 Å². The highest BCUT2D eigenvalue weighted by Gasteiger charge is 2.32. The molecule has 184 valence electrons. The number of rotatable bonds is 6. The average molecular weight is 505 g/mol. The zero-order valence-electron chi connectivity index (χ0n) is 19.9. The molecule has 2 heterocycles. The quantitative estimate of drug-likeness (QED) is 0.575. The summed E-state index contributed by atoms with van der Waals surface area (Å²) in [6.45, 7) is 7.18. The molecule has 1 amide bonds. The normalized spacial score (nSPS) is 21.0. The molecule has 4 rings (SSSR count). The molecule has 0 bridgehead atoms. The number of carbonyl (C=O) groups is 2. The van der Waals surface area contributed by atoms with E-state index in [-0.39, 0.29) is 17.4 Å².